The van der Waals surface area contributed by atoms with E-state index in [9.17, 15) is 9.59 Å². The van der Waals surface area contributed by atoms with Crippen molar-refractivity contribution in [2.75, 3.05) is 7.11 Å². The fourth-order valence-electron chi connectivity index (χ4n) is 2.15. The second-order valence-electron chi connectivity index (χ2n) is 5.01. The minimum Gasteiger partial charge on any atom is -0.550 e. The summed E-state index contributed by atoms with van der Waals surface area (Å²) in [5.41, 5.74) is 2.16. The average molecular weight is 443 g/mol. The van der Waals surface area contributed by atoms with Gasteiger partial charge in [-0.1, -0.05) is 31.2 Å². The van der Waals surface area contributed by atoms with Crippen molar-refractivity contribution in [1.82, 2.24) is 9.97 Å². The van der Waals surface area contributed by atoms with E-state index in [1.165, 1.54) is 21.0 Å². The molecule has 0 saturated carbocycles. The molecule has 0 spiro atoms. The summed E-state index contributed by atoms with van der Waals surface area (Å²) >= 11 is 0. The minimum absolute atomic E-state index is 0. The molecule has 0 amide bonds. The molecule has 0 bridgehead atoms. The van der Waals surface area contributed by atoms with Crippen LogP contribution < -0.4 is 0 Å². The number of hydrogen-bond donors (Lipinski definition) is 0. The maximum atomic E-state index is 10.6. The Morgan fingerprint density at radius 3 is 1.77 bits per heavy atom. The van der Waals surface area contributed by atoms with E-state index in [0.717, 1.165) is 21.8 Å². The molecule has 0 aliphatic heterocycles. The Kier molecular flexibility index (Phi) is 10.2. The van der Waals surface area contributed by atoms with Crippen molar-refractivity contribution in [3.05, 3.63) is 67.9 Å². The number of aromatic nitrogens is 2. The second kappa shape index (κ2) is 11.2. The number of rotatable bonds is 2. The third kappa shape index (κ3) is 6.14. The quantitative estimate of drug-likeness (QED) is 0.199. The molecule has 2 aromatic heterocycles. The molecule has 0 atom stereocenters. The standard InChI is InChI=1S/C12H8N2.C7H9O3.CH3.Pd/c1-3-9-5-6-10-4-2-8-14-12(10)11(9)13-7-1;1-5(4-6(2)8)7(9)10-3;;/h1-8H;1-3H3;1H3;/q;2*-1;+2. The smallest absolute Gasteiger partial charge is 0.550 e. The third-order valence-electron chi connectivity index (χ3n) is 3.20. The Morgan fingerprint density at radius 2 is 1.38 bits per heavy atom. The Morgan fingerprint density at radius 1 is 0.923 bits per heavy atom. The van der Waals surface area contributed by atoms with Crippen LogP contribution in [0.4, 0.5) is 0 Å². The van der Waals surface area contributed by atoms with Crippen molar-refractivity contribution in [1.29, 1.82) is 0 Å². The summed E-state index contributed by atoms with van der Waals surface area (Å²) in [5.74, 6) is -0.793. The number of ketones is 1. The predicted molar refractivity (Wildman–Crippen MR) is 98.6 cm³/mol. The first kappa shape index (κ1) is 23.6. The molecule has 0 N–H and O–H groups in total. The topological polar surface area (TPSA) is 69.2 Å². The van der Waals surface area contributed by atoms with Gasteiger partial charge in [-0.05, 0) is 19.1 Å². The number of Topliss-reactive ketones (excluding diaryl/α,β-unsaturated/α-hetero) is 1. The van der Waals surface area contributed by atoms with Gasteiger partial charge in [-0.15, -0.1) is 5.57 Å². The second-order valence-corrected chi connectivity index (χ2v) is 5.01. The van der Waals surface area contributed by atoms with E-state index < -0.39 is 5.97 Å². The first-order valence-electron chi connectivity index (χ1n) is 7.31. The number of allylic oxidation sites excluding steroid dienone is 1. The molecule has 5 nitrogen and oxygen atoms in total. The van der Waals surface area contributed by atoms with Gasteiger partial charge >= 0.3 is 20.4 Å². The van der Waals surface area contributed by atoms with Crippen LogP contribution in [-0.2, 0) is 34.7 Å². The van der Waals surface area contributed by atoms with Crippen LogP contribution in [0.15, 0.2) is 54.4 Å². The van der Waals surface area contributed by atoms with Gasteiger partial charge in [-0.3, -0.25) is 9.97 Å². The molecule has 0 saturated heterocycles. The third-order valence-corrected chi connectivity index (χ3v) is 3.20. The molecule has 0 unspecified atom stereocenters. The molecule has 2 heterocycles. The first-order valence-corrected chi connectivity index (χ1v) is 7.31. The SMILES string of the molecule is COC(=O)C(C)=[C-]C(C)=O.[CH3-].[Pd+2].c1cnc2c(c1)ccc1cccnc12. The number of carbonyl (C=O) groups is 2. The largest absolute Gasteiger partial charge is 2.00 e. The maximum Gasteiger partial charge on any atom is 2.00 e. The number of ether oxygens (including phenoxy) is 1. The van der Waals surface area contributed by atoms with Gasteiger partial charge in [0.1, 0.15) is 0 Å². The maximum absolute atomic E-state index is 10.6. The first-order chi connectivity index (χ1) is 11.5. The molecule has 0 radical (unpaired) electrons. The molecule has 0 fully saturated rings. The molecule has 6 heteroatoms. The number of methoxy groups -OCH3 is 1. The molecule has 3 rings (SSSR count). The summed E-state index contributed by atoms with van der Waals surface area (Å²) in [6.07, 6.45) is 5.90. The van der Waals surface area contributed by atoms with Gasteiger partial charge in [-0.25, -0.2) is 0 Å². The van der Waals surface area contributed by atoms with Crippen LogP contribution in [0.3, 0.4) is 0 Å². The van der Waals surface area contributed by atoms with Crippen LogP contribution in [0.2, 0.25) is 0 Å². The van der Waals surface area contributed by atoms with Crippen molar-refractivity contribution in [2.24, 2.45) is 0 Å². The summed E-state index contributed by atoms with van der Waals surface area (Å²) in [5, 5.41) is 2.28. The molecular weight excluding hydrogens is 423 g/mol. The van der Waals surface area contributed by atoms with Gasteiger partial charge in [0.15, 0.2) is 5.97 Å². The summed E-state index contributed by atoms with van der Waals surface area (Å²) in [7, 11) is 1.26. The number of nitrogens with zero attached hydrogens (tertiary/aromatic N) is 2. The van der Waals surface area contributed by atoms with Crippen molar-refractivity contribution < 1.29 is 34.7 Å². The van der Waals surface area contributed by atoms with Crippen LogP contribution >= 0.6 is 0 Å². The number of pyridine rings is 2. The van der Waals surface area contributed by atoms with E-state index >= 15 is 0 Å². The minimum atomic E-state index is -0.518. The molecule has 1 aromatic carbocycles. The fraction of sp³-hybridized carbons (Fsp3) is 0.150. The van der Waals surface area contributed by atoms with Crippen LogP contribution in [0.25, 0.3) is 21.8 Å². The van der Waals surface area contributed by atoms with Gasteiger partial charge < -0.3 is 21.8 Å². The van der Waals surface area contributed by atoms with Crippen molar-refractivity contribution >= 4 is 33.6 Å². The van der Waals surface area contributed by atoms with Crippen molar-refractivity contribution in [3.63, 3.8) is 0 Å². The van der Waals surface area contributed by atoms with E-state index in [1.54, 1.807) is 12.4 Å². The van der Waals surface area contributed by atoms with Crippen LogP contribution in [-0.4, -0.2) is 28.8 Å². The molecule has 138 valence electrons. The number of fused-ring (bicyclic) bond motifs is 3. The normalized spacial score (nSPS) is 10.0. The predicted octanol–water partition coefficient (Wildman–Crippen LogP) is 3.73. The van der Waals surface area contributed by atoms with Crippen molar-refractivity contribution in [3.8, 4) is 0 Å². The number of benzene rings is 1. The van der Waals surface area contributed by atoms with E-state index in [0.29, 0.717) is 0 Å². The van der Waals surface area contributed by atoms with Crippen molar-refractivity contribution in [2.45, 2.75) is 13.8 Å². The van der Waals surface area contributed by atoms with Gasteiger partial charge in [0.25, 0.3) is 0 Å². The van der Waals surface area contributed by atoms with Gasteiger partial charge in [0, 0.05) is 23.2 Å². The monoisotopic (exact) mass is 442 g/mol. The summed E-state index contributed by atoms with van der Waals surface area (Å²) < 4.78 is 4.32. The van der Waals surface area contributed by atoms with E-state index in [2.05, 4.69) is 45.0 Å². The molecule has 3 aromatic rings. The fourth-order valence-corrected chi connectivity index (χ4v) is 2.15. The van der Waals surface area contributed by atoms with Crippen LogP contribution in [0.5, 0.6) is 0 Å². The van der Waals surface area contributed by atoms with E-state index in [1.807, 2.05) is 12.1 Å². The van der Waals surface area contributed by atoms with Gasteiger partial charge in [0.05, 0.1) is 23.9 Å². The Hall–Kier alpha value is -2.42. The average Bonchev–Trinajstić information content (AvgIpc) is 2.61. The zero-order valence-electron chi connectivity index (χ0n) is 15.1. The van der Waals surface area contributed by atoms with Gasteiger partial charge in [-0.2, -0.15) is 6.08 Å². The molecule has 26 heavy (non-hydrogen) atoms. The summed E-state index contributed by atoms with van der Waals surface area (Å²) in [4.78, 5) is 29.6. The summed E-state index contributed by atoms with van der Waals surface area (Å²) in [6.45, 7) is 2.81. The molecule has 0 aliphatic rings. The number of hydrogen-bond acceptors (Lipinski definition) is 5. The zero-order chi connectivity index (χ0) is 17.5. The Bertz CT molecular complexity index is 868. The molecular formula is C20H20N2O3Pd. The van der Waals surface area contributed by atoms with E-state index in [4.69, 9.17) is 0 Å². The number of esters is 1. The Labute approximate surface area is 167 Å². The Balaban J connectivity index is 0.000000474. The van der Waals surface area contributed by atoms with E-state index in [-0.39, 0.29) is 39.2 Å². The number of carbonyl (C=O) groups excluding carboxylic acids is 2. The van der Waals surface area contributed by atoms with Crippen LogP contribution in [0, 0.1) is 13.5 Å². The van der Waals surface area contributed by atoms with Gasteiger partial charge in [0.2, 0.25) is 0 Å². The summed E-state index contributed by atoms with van der Waals surface area (Å²) in [6, 6.07) is 12.1. The van der Waals surface area contributed by atoms with Crippen LogP contribution in [0.1, 0.15) is 13.8 Å². The zero-order valence-corrected chi connectivity index (χ0v) is 16.6. The molecule has 0 aliphatic carbocycles.